The third-order valence-corrected chi connectivity index (χ3v) is 5.88. The Bertz CT molecular complexity index is 1150. The van der Waals surface area contributed by atoms with Crippen molar-refractivity contribution in [3.63, 3.8) is 0 Å². The van der Waals surface area contributed by atoms with Crippen molar-refractivity contribution in [2.24, 2.45) is 5.84 Å². The molecule has 0 unspecified atom stereocenters. The first-order valence-corrected chi connectivity index (χ1v) is 11.6. The van der Waals surface area contributed by atoms with Crippen molar-refractivity contribution in [1.82, 2.24) is 4.72 Å². The molecule has 0 aromatic heterocycles. The van der Waals surface area contributed by atoms with Crippen LogP contribution in [0.15, 0.2) is 89.8 Å². The number of hydrogen-bond acceptors (Lipinski definition) is 7. The van der Waals surface area contributed by atoms with Crippen molar-refractivity contribution in [2.45, 2.75) is 31.6 Å². The third-order valence-electron chi connectivity index (χ3n) is 4.49. The topological polar surface area (TPSA) is 150 Å². The van der Waals surface area contributed by atoms with Gasteiger partial charge in [0.1, 0.15) is 4.90 Å². The monoisotopic (exact) mass is 487 g/mol. The summed E-state index contributed by atoms with van der Waals surface area (Å²) in [6, 6.07) is 25.7. The van der Waals surface area contributed by atoms with Gasteiger partial charge in [-0.3, -0.25) is 20.1 Å². The maximum atomic E-state index is 11.1. The molecule has 0 bridgehead atoms. The second-order valence-corrected chi connectivity index (χ2v) is 8.87. The summed E-state index contributed by atoms with van der Waals surface area (Å²) in [5.41, 5.74) is 2.34. The van der Waals surface area contributed by atoms with Crippen LogP contribution in [0.4, 0.5) is 5.69 Å². The summed E-state index contributed by atoms with van der Waals surface area (Å²) in [5.74, 6) is 5.36. The smallest absolute Gasteiger partial charge is 0.266 e. The van der Waals surface area contributed by atoms with Crippen LogP contribution in [0.25, 0.3) is 0 Å². The number of rotatable bonds is 2. The molecule has 1 heterocycles. The van der Waals surface area contributed by atoms with Gasteiger partial charge in [0.2, 0.25) is 5.91 Å². The van der Waals surface area contributed by atoms with E-state index in [1.807, 2.05) is 29.0 Å². The molecule has 3 aromatic carbocycles. The fourth-order valence-corrected chi connectivity index (χ4v) is 3.90. The van der Waals surface area contributed by atoms with Crippen LogP contribution in [-0.2, 0) is 14.8 Å². The van der Waals surface area contributed by atoms with E-state index in [1.165, 1.54) is 24.6 Å². The fraction of sp³-hybridized carbons (Fsp3) is 0.167. The maximum Gasteiger partial charge on any atom is 0.266 e. The molecular formula is C24H29N3O6S. The molecule has 182 valence electrons. The largest absolute Gasteiger partial charge is 0.273 e. The second kappa shape index (κ2) is 13.9. The van der Waals surface area contributed by atoms with Crippen LogP contribution in [0.1, 0.15) is 42.6 Å². The Kier molecular flexibility index (Phi) is 11.6. The van der Waals surface area contributed by atoms with Crippen LogP contribution in [0.5, 0.6) is 0 Å². The Hall–Kier alpha value is -3.57. The molecular weight excluding hydrogens is 458 g/mol. The van der Waals surface area contributed by atoms with Gasteiger partial charge in [-0.25, -0.2) is 24.0 Å². The Morgan fingerprint density at radius 1 is 0.882 bits per heavy atom. The van der Waals surface area contributed by atoms with Crippen LogP contribution in [-0.4, -0.2) is 30.7 Å². The van der Waals surface area contributed by atoms with Gasteiger partial charge in [0.25, 0.3) is 15.9 Å². The Balaban J connectivity index is 0.000000248. The van der Waals surface area contributed by atoms with E-state index < -0.39 is 15.9 Å². The van der Waals surface area contributed by atoms with E-state index in [9.17, 15) is 18.0 Å². The van der Waals surface area contributed by atoms with Crippen molar-refractivity contribution in [2.75, 3.05) is 5.01 Å². The molecule has 10 heteroatoms. The molecule has 9 nitrogen and oxygen atoms in total. The Labute approximate surface area is 199 Å². The van der Waals surface area contributed by atoms with Crippen LogP contribution in [0.2, 0.25) is 0 Å². The molecule has 5 N–H and O–H groups in total. The lowest BCUT2D eigenvalue weighted by molar-refractivity contribution is -0.176. The van der Waals surface area contributed by atoms with Gasteiger partial charge < -0.3 is 0 Å². The number of fused-ring (bicyclic) bond motifs is 1. The van der Waals surface area contributed by atoms with Gasteiger partial charge >= 0.3 is 0 Å². The number of amides is 2. The van der Waals surface area contributed by atoms with Crippen LogP contribution >= 0.6 is 0 Å². The minimum Gasteiger partial charge on any atom is -0.273 e. The molecule has 0 fully saturated rings. The molecule has 0 saturated carbocycles. The summed E-state index contributed by atoms with van der Waals surface area (Å²) in [7, 11) is -3.55. The van der Waals surface area contributed by atoms with Crippen molar-refractivity contribution < 1.29 is 28.5 Å². The number of sulfonamides is 1. The quantitative estimate of drug-likeness (QED) is 0.185. The number of para-hydroxylation sites is 1. The molecule has 34 heavy (non-hydrogen) atoms. The Morgan fingerprint density at radius 2 is 1.35 bits per heavy atom. The highest BCUT2D eigenvalue weighted by Gasteiger charge is 2.31. The SMILES string of the molecule is CC(=O)N(N)c1ccccc1.CC(C)c1ccccc1.O=C1NS(=O)(=O)c2ccccc21.OO. The maximum absolute atomic E-state index is 11.1. The highest BCUT2D eigenvalue weighted by molar-refractivity contribution is 7.90. The summed E-state index contributed by atoms with van der Waals surface area (Å²) in [5, 5.41) is 13.1. The van der Waals surface area contributed by atoms with Crippen LogP contribution in [0.3, 0.4) is 0 Å². The Morgan fingerprint density at radius 3 is 1.79 bits per heavy atom. The van der Waals surface area contributed by atoms with Gasteiger partial charge in [0.05, 0.1) is 11.3 Å². The minimum atomic E-state index is -3.55. The summed E-state index contributed by atoms with van der Waals surface area (Å²) in [4.78, 5) is 21.8. The molecule has 2 amide bonds. The number of carbonyl (C=O) groups excluding carboxylic acids is 2. The van der Waals surface area contributed by atoms with Gasteiger partial charge in [-0.2, -0.15) is 0 Å². The predicted octanol–water partition coefficient (Wildman–Crippen LogP) is 3.86. The normalized spacial score (nSPS) is 12.4. The average molecular weight is 488 g/mol. The van der Waals surface area contributed by atoms with Crippen molar-refractivity contribution in [3.05, 3.63) is 96.1 Å². The molecule has 1 aliphatic heterocycles. The van der Waals surface area contributed by atoms with E-state index in [1.54, 1.807) is 24.3 Å². The van der Waals surface area contributed by atoms with Crippen LogP contribution < -0.4 is 15.6 Å². The van der Waals surface area contributed by atoms with Gasteiger partial charge in [0, 0.05) is 6.92 Å². The number of nitrogens with two attached hydrogens (primary N) is 1. The number of carbonyl (C=O) groups is 2. The van der Waals surface area contributed by atoms with Crippen molar-refractivity contribution in [1.29, 1.82) is 0 Å². The summed E-state index contributed by atoms with van der Waals surface area (Å²) in [6.45, 7) is 5.83. The number of hydrogen-bond donors (Lipinski definition) is 4. The van der Waals surface area contributed by atoms with Gasteiger partial charge in [-0.15, -0.1) is 0 Å². The first-order valence-electron chi connectivity index (χ1n) is 10.1. The van der Waals surface area contributed by atoms with Gasteiger partial charge in [-0.05, 0) is 35.7 Å². The van der Waals surface area contributed by atoms with E-state index in [0.29, 0.717) is 11.6 Å². The highest BCUT2D eigenvalue weighted by Crippen LogP contribution is 2.20. The standard InChI is InChI=1S/C9H12.C8H10N2O.C7H5NO3S.H2O2/c1-8(2)9-6-4-3-5-7-9;1-7(11)10(9)8-5-3-2-4-6-8;9-7-5-3-1-2-4-6(5)12(10,11)8-7;1-2/h3-8H,1-2H3;2-6H,9H2,1H3;1-4H,(H,8,9);1-2H. The van der Waals surface area contributed by atoms with E-state index in [-0.39, 0.29) is 16.4 Å². The van der Waals surface area contributed by atoms with E-state index in [4.69, 9.17) is 16.4 Å². The van der Waals surface area contributed by atoms with E-state index in [2.05, 4.69) is 38.1 Å². The summed E-state index contributed by atoms with van der Waals surface area (Å²) >= 11 is 0. The van der Waals surface area contributed by atoms with Crippen molar-refractivity contribution in [3.8, 4) is 0 Å². The zero-order valence-corrected chi connectivity index (χ0v) is 19.9. The zero-order chi connectivity index (χ0) is 25.7. The average Bonchev–Trinajstić information content (AvgIpc) is 3.10. The molecule has 4 rings (SSSR count). The molecule has 0 saturated heterocycles. The number of benzene rings is 3. The number of nitrogens with zero attached hydrogens (tertiary/aromatic N) is 1. The zero-order valence-electron chi connectivity index (χ0n) is 19.1. The first-order chi connectivity index (χ1) is 16.1. The lowest BCUT2D eigenvalue weighted by atomic mass is 10.0. The molecule has 0 atom stereocenters. The lowest BCUT2D eigenvalue weighted by Gasteiger charge is -2.13. The molecule has 3 aromatic rings. The van der Waals surface area contributed by atoms with E-state index >= 15 is 0 Å². The minimum absolute atomic E-state index is 0.0648. The molecule has 0 spiro atoms. The summed E-state index contributed by atoms with van der Waals surface area (Å²) < 4.78 is 24.2. The number of nitrogens with one attached hydrogen (secondary N) is 1. The van der Waals surface area contributed by atoms with Gasteiger partial charge in [-0.1, -0.05) is 74.5 Å². The lowest BCUT2D eigenvalue weighted by Crippen LogP contribution is -2.35. The molecule has 0 aliphatic carbocycles. The van der Waals surface area contributed by atoms with Crippen molar-refractivity contribution >= 4 is 27.5 Å². The van der Waals surface area contributed by atoms with Gasteiger partial charge in [0.15, 0.2) is 0 Å². The van der Waals surface area contributed by atoms with E-state index in [0.717, 1.165) is 5.01 Å². The second-order valence-electron chi connectivity index (χ2n) is 7.22. The van der Waals surface area contributed by atoms with Crippen LogP contribution in [0, 0.1) is 0 Å². The fourth-order valence-electron chi connectivity index (χ4n) is 2.73. The molecule has 0 radical (unpaired) electrons. The number of anilines is 1. The third kappa shape index (κ3) is 8.41. The number of hydrazine groups is 1. The highest BCUT2D eigenvalue weighted by atomic mass is 32.2. The molecule has 1 aliphatic rings. The predicted molar refractivity (Wildman–Crippen MR) is 131 cm³/mol. The summed E-state index contributed by atoms with van der Waals surface area (Å²) in [6.07, 6.45) is 0. The first kappa shape index (κ1) is 28.5.